The van der Waals surface area contributed by atoms with Crippen molar-refractivity contribution in [1.29, 1.82) is 0 Å². The predicted molar refractivity (Wildman–Crippen MR) is 80.9 cm³/mol. The Labute approximate surface area is 131 Å². The number of nitrogens with zero attached hydrogens (tertiary/aromatic N) is 4. The van der Waals surface area contributed by atoms with Crippen molar-refractivity contribution in [3.63, 3.8) is 0 Å². The Bertz CT molecular complexity index is 836. The van der Waals surface area contributed by atoms with E-state index >= 15 is 0 Å². The highest BCUT2D eigenvalue weighted by Crippen LogP contribution is 2.11. The molecule has 2 aromatic heterocycles. The maximum absolute atomic E-state index is 12.2. The molecular weight excluding hydrogens is 298 g/mol. The summed E-state index contributed by atoms with van der Waals surface area (Å²) in [6, 6.07) is 12.1. The van der Waals surface area contributed by atoms with E-state index in [-0.39, 0.29) is 18.5 Å². The Hall–Kier alpha value is -3.16. The summed E-state index contributed by atoms with van der Waals surface area (Å²) in [4.78, 5) is 24.2. The zero-order chi connectivity index (χ0) is 16.2. The van der Waals surface area contributed by atoms with Crippen LogP contribution < -0.4 is 11.0 Å². The van der Waals surface area contributed by atoms with Crippen molar-refractivity contribution in [2.75, 3.05) is 0 Å². The Balaban J connectivity index is 1.70. The van der Waals surface area contributed by atoms with E-state index < -0.39 is 5.69 Å². The molecule has 1 N–H and O–H groups in total. The van der Waals surface area contributed by atoms with Gasteiger partial charge < -0.3 is 9.73 Å². The highest BCUT2D eigenvalue weighted by Gasteiger charge is 2.15. The third kappa shape index (κ3) is 3.20. The molecular formula is C15H15N5O3. The number of carbonyl (C=O) groups is 1. The molecule has 0 fully saturated rings. The monoisotopic (exact) mass is 313 g/mol. The van der Waals surface area contributed by atoms with Crippen LogP contribution in [0.1, 0.15) is 18.7 Å². The number of aromatic nitrogens is 4. The number of hydrogen-bond donors (Lipinski definition) is 1. The van der Waals surface area contributed by atoms with Gasteiger partial charge in [0.1, 0.15) is 12.3 Å². The van der Waals surface area contributed by atoms with Crippen molar-refractivity contribution in [1.82, 2.24) is 25.1 Å². The fourth-order valence-electron chi connectivity index (χ4n) is 2.14. The summed E-state index contributed by atoms with van der Waals surface area (Å²) in [5.41, 5.74) is 0.116. The molecule has 2 heterocycles. The zero-order valence-corrected chi connectivity index (χ0v) is 12.4. The summed E-state index contributed by atoms with van der Waals surface area (Å²) in [5.74, 6) is 0.287. The lowest BCUT2D eigenvalue weighted by molar-refractivity contribution is -0.122. The van der Waals surface area contributed by atoms with Gasteiger partial charge in [0, 0.05) is 0 Å². The molecule has 0 saturated carbocycles. The zero-order valence-electron chi connectivity index (χ0n) is 12.4. The second-order valence-corrected chi connectivity index (χ2v) is 4.97. The first-order valence-corrected chi connectivity index (χ1v) is 7.06. The summed E-state index contributed by atoms with van der Waals surface area (Å²) in [5, 5.41) is 10.3. The minimum atomic E-state index is -0.475. The smallest absolute Gasteiger partial charge is 0.368 e. The number of furan rings is 1. The van der Waals surface area contributed by atoms with Gasteiger partial charge in [-0.05, 0) is 41.6 Å². The third-order valence-corrected chi connectivity index (χ3v) is 3.28. The minimum Gasteiger partial charge on any atom is -0.467 e. The van der Waals surface area contributed by atoms with Crippen molar-refractivity contribution in [3.8, 4) is 5.69 Å². The second-order valence-electron chi connectivity index (χ2n) is 4.97. The molecule has 0 aliphatic heterocycles. The fourth-order valence-corrected chi connectivity index (χ4v) is 2.14. The number of hydrogen-bond acceptors (Lipinski definition) is 5. The standard InChI is InChI=1S/C15H15N5O3/c1-11(13-8-5-9-23-13)16-14(21)10-19-15(22)20(18-17-19)12-6-3-2-4-7-12/h2-9,11H,10H2,1H3,(H,16,21)/t11-/m1/s1. The molecule has 23 heavy (non-hydrogen) atoms. The maximum atomic E-state index is 12.2. The molecule has 1 aromatic carbocycles. The van der Waals surface area contributed by atoms with Crippen molar-refractivity contribution in [3.05, 3.63) is 65.0 Å². The molecule has 8 heteroatoms. The van der Waals surface area contributed by atoms with E-state index in [9.17, 15) is 9.59 Å². The number of amides is 1. The van der Waals surface area contributed by atoms with E-state index in [4.69, 9.17) is 4.42 Å². The van der Waals surface area contributed by atoms with Crippen molar-refractivity contribution in [2.24, 2.45) is 0 Å². The van der Waals surface area contributed by atoms with Crippen LogP contribution in [0, 0.1) is 0 Å². The molecule has 118 valence electrons. The SMILES string of the molecule is C[C@@H](NC(=O)Cn1nnn(-c2ccccc2)c1=O)c1ccco1. The number of benzene rings is 1. The fraction of sp³-hybridized carbons (Fsp3) is 0.200. The van der Waals surface area contributed by atoms with Crippen LogP contribution >= 0.6 is 0 Å². The van der Waals surface area contributed by atoms with Crippen LogP contribution in [-0.4, -0.2) is 25.7 Å². The van der Waals surface area contributed by atoms with Crippen molar-refractivity contribution >= 4 is 5.91 Å². The molecule has 1 atom stereocenters. The molecule has 0 radical (unpaired) electrons. The van der Waals surface area contributed by atoms with Gasteiger partial charge in [0.05, 0.1) is 18.0 Å². The van der Waals surface area contributed by atoms with Crippen molar-refractivity contribution < 1.29 is 9.21 Å². The molecule has 0 unspecified atom stereocenters. The van der Waals surface area contributed by atoms with E-state index in [0.29, 0.717) is 11.4 Å². The first kappa shape index (κ1) is 14.8. The lowest BCUT2D eigenvalue weighted by Gasteiger charge is -2.10. The van der Waals surface area contributed by atoms with Crippen LogP contribution in [0.3, 0.4) is 0 Å². The predicted octanol–water partition coefficient (Wildman–Crippen LogP) is 0.899. The van der Waals surface area contributed by atoms with Gasteiger partial charge in [-0.15, -0.1) is 0 Å². The first-order chi connectivity index (χ1) is 11.1. The average Bonchev–Trinajstić information content (AvgIpc) is 3.19. The van der Waals surface area contributed by atoms with Gasteiger partial charge in [0.2, 0.25) is 5.91 Å². The van der Waals surface area contributed by atoms with Gasteiger partial charge in [-0.2, -0.15) is 9.36 Å². The topological polar surface area (TPSA) is 95.0 Å². The van der Waals surface area contributed by atoms with E-state index in [1.807, 2.05) is 6.07 Å². The second kappa shape index (κ2) is 6.30. The molecule has 3 rings (SSSR count). The molecule has 0 spiro atoms. The van der Waals surface area contributed by atoms with Crippen LogP contribution in [0.4, 0.5) is 0 Å². The van der Waals surface area contributed by atoms with Crippen LogP contribution in [0.25, 0.3) is 5.69 Å². The minimum absolute atomic E-state index is 0.212. The third-order valence-electron chi connectivity index (χ3n) is 3.28. The number of rotatable bonds is 5. The number of carbonyl (C=O) groups excluding carboxylic acids is 1. The number of para-hydroxylation sites is 1. The maximum Gasteiger partial charge on any atom is 0.368 e. The van der Waals surface area contributed by atoms with Gasteiger partial charge in [-0.3, -0.25) is 4.79 Å². The highest BCUT2D eigenvalue weighted by atomic mass is 16.3. The number of nitrogens with one attached hydrogen (secondary N) is 1. The highest BCUT2D eigenvalue weighted by molar-refractivity contribution is 5.75. The molecule has 0 saturated heterocycles. The molecule has 8 nitrogen and oxygen atoms in total. The molecule has 3 aromatic rings. The first-order valence-electron chi connectivity index (χ1n) is 7.06. The summed E-state index contributed by atoms with van der Waals surface area (Å²) >= 11 is 0. The Morgan fingerprint density at radius 1 is 1.22 bits per heavy atom. The van der Waals surface area contributed by atoms with E-state index in [0.717, 1.165) is 9.36 Å². The largest absolute Gasteiger partial charge is 0.467 e. The van der Waals surface area contributed by atoms with Gasteiger partial charge in [0.25, 0.3) is 0 Å². The van der Waals surface area contributed by atoms with E-state index in [1.54, 1.807) is 43.3 Å². The summed E-state index contributed by atoms with van der Waals surface area (Å²) < 4.78 is 7.37. The molecule has 0 bridgehead atoms. The Morgan fingerprint density at radius 3 is 2.70 bits per heavy atom. The Morgan fingerprint density at radius 2 is 2.00 bits per heavy atom. The molecule has 1 amide bonds. The van der Waals surface area contributed by atoms with Crippen LogP contribution in [-0.2, 0) is 11.3 Å². The normalized spacial score (nSPS) is 12.0. The van der Waals surface area contributed by atoms with Gasteiger partial charge >= 0.3 is 5.69 Å². The lowest BCUT2D eigenvalue weighted by Crippen LogP contribution is -2.34. The molecule has 0 aliphatic carbocycles. The van der Waals surface area contributed by atoms with Crippen LogP contribution in [0.2, 0.25) is 0 Å². The van der Waals surface area contributed by atoms with E-state index in [2.05, 4.69) is 15.7 Å². The average molecular weight is 313 g/mol. The lowest BCUT2D eigenvalue weighted by atomic mass is 10.2. The van der Waals surface area contributed by atoms with Crippen LogP contribution in [0.15, 0.2) is 57.9 Å². The quantitative estimate of drug-likeness (QED) is 0.755. The van der Waals surface area contributed by atoms with E-state index in [1.165, 1.54) is 6.26 Å². The van der Waals surface area contributed by atoms with Crippen LogP contribution in [0.5, 0.6) is 0 Å². The van der Waals surface area contributed by atoms with Gasteiger partial charge in [0.15, 0.2) is 0 Å². The molecule has 0 aliphatic rings. The summed E-state index contributed by atoms with van der Waals surface area (Å²) in [6.07, 6.45) is 1.54. The number of tetrazole rings is 1. The summed E-state index contributed by atoms with van der Waals surface area (Å²) in [6.45, 7) is 1.58. The Kier molecular flexibility index (Phi) is 4.05. The van der Waals surface area contributed by atoms with Gasteiger partial charge in [-0.1, -0.05) is 18.2 Å². The van der Waals surface area contributed by atoms with Gasteiger partial charge in [-0.25, -0.2) is 4.79 Å². The summed E-state index contributed by atoms with van der Waals surface area (Å²) in [7, 11) is 0. The van der Waals surface area contributed by atoms with Crippen molar-refractivity contribution in [2.45, 2.75) is 19.5 Å².